The number of hydrogen-bond acceptors (Lipinski definition) is 5. The second-order valence-corrected chi connectivity index (χ2v) is 10.1. The Hall–Kier alpha value is -0.490. The minimum absolute atomic E-state index is 0.00766. The summed E-state index contributed by atoms with van der Waals surface area (Å²) in [6.45, 7) is 3.63. The van der Waals surface area contributed by atoms with E-state index in [1.165, 1.54) is 0 Å². The second-order valence-electron chi connectivity index (χ2n) is 10.1. The normalized spacial score (nSPS) is 56.4. The first kappa shape index (κ1) is 18.9. The average molecular weight is 366 g/mol. The van der Waals surface area contributed by atoms with E-state index in [9.17, 15) is 25.2 Å². The molecular formula is C21H34O5. The van der Waals surface area contributed by atoms with E-state index in [1.807, 2.05) is 0 Å². The van der Waals surface area contributed by atoms with Crippen LogP contribution in [0.3, 0.4) is 0 Å². The molecule has 0 aromatic heterocycles. The molecule has 0 unspecified atom stereocenters. The third kappa shape index (κ3) is 2.09. The molecule has 0 spiro atoms. The summed E-state index contributed by atoms with van der Waals surface area (Å²) in [4.78, 5) is 12.2. The molecule has 4 aliphatic carbocycles. The van der Waals surface area contributed by atoms with Crippen molar-refractivity contribution in [2.75, 3.05) is 6.61 Å². The summed E-state index contributed by atoms with van der Waals surface area (Å²) in [5.74, 6) is 0.134. The summed E-state index contributed by atoms with van der Waals surface area (Å²) in [6.07, 6.45) is 5.17. The van der Waals surface area contributed by atoms with Crippen LogP contribution in [0.2, 0.25) is 0 Å². The van der Waals surface area contributed by atoms with Gasteiger partial charge in [-0.25, -0.2) is 0 Å². The summed E-state index contributed by atoms with van der Waals surface area (Å²) < 4.78 is 0. The summed E-state index contributed by atoms with van der Waals surface area (Å²) in [5, 5.41) is 43.8. The summed E-state index contributed by atoms with van der Waals surface area (Å²) in [6, 6.07) is 0. The predicted molar refractivity (Wildman–Crippen MR) is 96.2 cm³/mol. The number of aliphatic hydroxyl groups excluding tert-OH is 2. The third-order valence-electron chi connectivity index (χ3n) is 9.42. The minimum atomic E-state index is -1.05. The van der Waals surface area contributed by atoms with E-state index < -0.39 is 28.1 Å². The predicted octanol–water partition coefficient (Wildman–Crippen LogP) is 1.80. The van der Waals surface area contributed by atoms with E-state index in [4.69, 9.17) is 0 Å². The second kappa shape index (κ2) is 5.76. The molecule has 0 saturated heterocycles. The summed E-state index contributed by atoms with van der Waals surface area (Å²) >= 11 is 0. The average Bonchev–Trinajstić information content (AvgIpc) is 2.85. The van der Waals surface area contributed by atoms with Crippen LogP contribution in [0.1, 0.15) is 71.6 Å². The number of carbonyl (C=O) groups excluding carboxylic acids is 1. The smallest absolute Gasteiger partial charge is 0.133 e. The number of hydrogen-bond donors (Lipinski definition) is 4. The molecule has 4 N–H and O–H groups in total. The molecule has 0 amide bonds. The van der Waals surface area contributed by atoms with Gasteiger partial charge in [0.15, 0.2) is 0 Å². The zero-order valence-electron chi connectivity index (χ0n) is 16.1. The standard InChI is InChI=1S/C21H34O5/c1-13(23)15-6-10-21(26)17-5-9-20(25)11-14(24)3-8-19(20,12-22)16(17)4-7-18(15,21)2/h14-17,22,24-26H,3-12H2,1-2H3/t14-,15-,16+,17-,18-,19+,20-,21-/m1/s1. The molecule has 0 aromatic rings. The van der Waals surface area contributed by atoms with E-state index in [0.29, 0.717) is 38.5 Å². The Morgan fingerprint density at radius 2 is 1.69 bits per heavy atom. The molecule has 8 atom stereocenters. The van der Waals surface area contributed by atoms with E-state index in [0.717, 1.165) is 19.3 Å². The van der Waals surface area contributed by atoms with Crippen molar-refractivity contribution < 1.29 is 25.2 Å². The molecule has 0 aromatic carbocycles. The first-order valence-corrected chi connectivity index (χ1v) is 10.4. The van der Waals surface area contributed by atoms with Crippen molar-refractivity contribution in [1.29, 1.82) is 0 Å². The van der Waals surface area contributed by atoms with Crippen molar-refractivity contribution in [2.24, 2.45) is 28.6 Å². The molecular weight excluding hydrogens is 332 g/mol. The van der Waals surface area contributed by atoms with Crippen molar-refractivity contribution >= 4 is 5.78 Å². The van der Waals surface area contributed by atoms with Crippen LogP contribution in [0.5, 0.6) is 0 Å². The van der Waals surface area contributed by atoms with Gasteiger partial charge in [0.2, 0.25) is 0 Å². The number of rotatable bonds is 2. The fourth-order valence-electron chi connectivity index (χ4n) is 7.98. The molecule has 4 aliphatic rings. The van der Waals surface area contributed by atoms with Gasteiger partial charge in [-0.2, -0.15) is 0 Å². The van der Waals surface area contributed by atoms with Crippen LogP contribution < -0.4 is 0 Å². The molecule has 5 heteroatoms. The number of fused-ring (bicyclic) bond motifs is 5. The first-order chi connectivity index (χ1) is 12.1. The van der Waals surface area contributed by atoms with Crippen molar-refractivity contribution in [3.63, 3.8) is 0 Å². The van der Waals surface area contributed by atoms with Crippen LogP contribution in [0.15, 0.2) is 0 Å². The van der Waals surface area contributed by atoms with Crippen LogP contribution in [-0.2, 0) is 4.79 Å². The van der Waals surface area contributed by atoms with Gasteiger partial charge in [0.1, 0.15) is 5.78 Å². The van der Waals surface area contributed by atoms with Crippen LogP contribution in [0.25, 0.3) is 0 Å². The van der Waals surface area contributed by atoms with Gasteiger partial charge in [0.05, 0.1) is 23.9 Å². The van der Waals surface area contributed by atoms with Gasteiger partial charge < -0.3 is 20.4 Å². The fourth-order valence-corrected chi connectivity index (χ4v) is 7.98. The molecule has 0 heterocycles. The first-order valence-electron chi connectivity index (χ1n) is 10.4. The zero-order valence-corrected chi connectivity index (χ0v) is 16.1. The Balaban J connectivity index is 1.74. The molecule has 148 valence electrons. The van der Waals surface area contributed by atoms with Crippen LogP contribution in [-0.4, -0.2) is 50.1 Å². The maximum Gasteiger partial charge on any atom is 0.133 e. The Morgan fingerprint density at radius 3 is 2.35 bits per heavy atom. The monoisotopic (exact) mass is 366 g/mol. The van der Waals surface area contributed by atoms with Gasteiger partial charge in [-0.05, 0) is 70.1 Å². The molecule has 4 saturated carbocycles. The molecule has 0 radical (unpaired) electrons. The van der Waals surface area contributed by atoms with Gasteiger partial charge in [-0.1, -0.05) is 6.92 Å². The minimum Gasteiger partial charge on any atom is -0.396 e. The van der Waals surface area contributed by atoms with Crippen molar-refractivity contribution in [1.82, 2.24) is 0 Å². The highest BCUT2D eigenvalue weighted by molar-refractivity contribution is 5.80. The third-order valence-corrected chi connectivity index (χ3v) is 9.42. The number of Topliss-reactive ketones (excluding diaryl/α,β-unsaturated/α-hetero) is 1. The lowest BCUT2D eigenvalue weighted by Gasteiger charge is -2.66. The van der Waals surface area contributed by atoms with E-state index >= 15 is 0 Å². The Morgan fingerprint density at radius 1 is 1.00 bits per heavy atom. The maximum atomic E-state index is 12.2. The number of aliphatic hydroxyl groups is 4. The van der Waals surface area contributed by atoms with Gasteiger partial charge in [-0.3, -0.25) is 4.79 Å². The van der Waals surface area contributed by atoms with Gasteiger partial charge in [0, 0.05) is 23.2 Å². The molecule has 5 nitrogen and oxygen atoms in total. The van der Waals surface area contributed by atoms with Gasteiger partial charge in [-0.15, -0.1) is 0 Å². The lowest BCUT2D eigenvalue weighted by atomic mass is 9.41. The lowest BCUT2D eigenvalue weighted by Crippen LogP contribution is -2.69. The number of carbonyl (C=O) groups is 1. The highest BCUT2D eigenvalue weighted by Crippen LogP contribution is 2.69. The molecule has 0 aliphatic heterocycles. The Labute approximate surface area is 155 Å². The van der Waals surface area contributed by atoms with E-state index in [-0.39, 0.29) is 30.1 Å². The molecule has 4 fully saturated rings. The van der Waals surface area contributed by atoms with Crippen molar-refractivity contribution in [3.8, 4) is 0 Å². The Kier molecular flexibility index (Phi) is 4.17. The van der Waals surface area contributed by atoms with E-state index in [2.05, 4.69) is 6.92 Å². The van der Waals surface area contributed by atoms with Crippen LogP contribution in [0, 0.1) is 28.6 Å². The zero-order chi connectivity index (χ0) is 19.0. The van der Waals surface area contributed by atoms with Crippen LogP contribution in [0.4, 0.5) is 0 Å². The van der Waals surface area contributed by atoms with Crippen molar-refractivity contribution in [2.45, 2.75) is 88.9 Å². The molecule has 26 heavy (non-hydrogen) atoms. The maximum absolute atomic E-state index is 12.2. The van der Waals surface area contributed by atoms with Gasteiger partial charge in [0.25, 0.3) is 0 Å². The lowest BCUT2D eigenvalue weighted by molar-refractivity contribution is -0.269. The highest BCUT2D eigenvalue weighted by Gasteiger charge is 2.71. The fraction of sp³-hybridized carbons (Fsp3) is 0.952. The number of ketones is 1. The summed E-state index contributed by atoms with van der Waals surface area (Å²) in [5.41, 5.74) is -2.99. The highest BCUT2D eigenvalue weighted by atomic mass is 16.3. The van der Waals surface area contributed by atoms with Crippen molar-refractivity contribution in [3.05, 3.63) is 0 Å². The van der Waals surface area contributed by atoms with Crippen LogP contribution >= 0.6 is 0 Å². The molecule has 0 bridgehead atoms. The largest absolute Gasteiger partial charge is 0.396 e. The van der Waals surface area contributed by atoms with E-state index in [1.54, 1.807) is 6.92 Å². The quantitative estimate of drug-likeness (QED) is 0.597. The topological polar surface area (TPSA) is 98.0 Å². The molecule has 4 rings (SSSR count). The summed E-state index contributed by atoms with van der Waals surface area (Å²) in [7, 11) is 0. The van der Waals surface area contributed by atoms with Gasteiger partial charge >= 0.3 is 0 Å². The Bertz CT molecular complexity index is 607. The SMILES string of the molecule is CC(=O)[C@H]1CC[C@@]2(O)[C@@H]3CC[C@@]4(O)C[C@H](O)CC[C@]4(CO)[C@H]3CC[C@]12C.